The number of hydrogen-bond donors (Lipinski definition) is 2. The molecule has 0 radical (unpaired) electrons. The maximum absolute atomic E-state index is 12.4. The third-order valence-corrected chi connectivity index (χ3v) is 5.13. The van der Waals surface area contributed by atoms with Crippen LogP contribution in [0.15, 0.2) is 53.4 Å². The Hall–Kier alpha value is -2.14. The summed E-state index contributed by atoms with van der Waals surface area (Å²) in [5, 5.41) is 8.96. The number of sulfonamides is 1. The summed E-state index contributed by atoms with van der Waals surface area (Å²) in [5.74, 6) is -0.518. The largest absolute Gasteiger partial charge is 0.573 e. The Morgan fingerprint density at radius 3 is 2.21 bits per heavy atom. The highest BCUT2D eigenvalue weighted by Crippen LogP contribution is 2.24. The van der Waals surface area contributed by atoms with Gasteiger partial charge < -0.3 is 14.6 Å². The summed E-state index contributed by atoms with van der Waals surface area (Å²) in [6.07, 6.45) is -5.50. The Bertz CT molecular complexity index is 852. The molecule has 2 aromatic carbocycles. The zero-order valence-electron chi connectivity index (χ0n) is 14.9. The summed E-state index contributed by atoms with van der Waals surface area (Å²) in [6, 6.07) is 11.1. The summed E-state index contributed by atoms with van der Waals surface area (Å²) in [6.45, 7) is 1.58. The summed E-state index contributed by atoms with van der Waals surface area (Å²) < 4.78 is 73.0. The number of nitrogens with one attached hydrogen (secondary N) is 1. The van der Waals surface area contributed by atoms with Crippen LogP contribution >= 0.6 is 0 Å². The van der Waals surface area contributed by atoms with Gasteiger partial charge in [0.05, 0.1) is 24.2 Å². The van der Waals surface area contributed by atoms with Gasteiger partial charge in [0.1, 0.15) is 5.75 Å². The van der Waals surface area contributed by atoms with Crippen LogP contribution in [0.4, 0.5) is 13.2 Å². The van der Waals surface area contributed by atoms with Gasteiger partial charge in [-0.05, 0) is 36.8 Å². The quantitative estimate of drug-likeness (QED) is 0.653. The van der Waals surface area contributed by atoms with Crippen LogP contribution in [0.25, 0.3) is 0 Å². The van der Waals surface area contributed by atoms with Crippen LogP contribution in [0.3, 0.4) is 0 Å². The molecule has 0 heterocycles. The molecule has 6 nitrogen and oxygen atoms in total. The number of rotatable bonds is 9. The second kappa shape index (κ2) is 9.37. The molecule has 0 aromatic heterocycles. The predicted molar refractivity (Wildman–Crippen MR) is 95.3 cm³/mol. The molecule has 0 saturated heterocycles. The third-order valence-electron chi connectivity index (χ3n) is 3.69. The Labute approximate surface area is 161 Å². The van der Waals surface area contributed by atoms with Gasteiger partial charge in [-0.3, -0.25) is 0 Å². The monoisotopic (exact) mass is 419 g/mol. The Kier molecular flexibility index (Phi) is 7.41. The lowest BCUT2D eigenvalue weighted by molar-refractivity contribution is -0.274. The molecule has 0 aliphatic rings. The van der Waals surface area contributed by atoms with Crippen molar-refractivity contribution in [1.29, 1.82) is 0 Å². The highest BCUT2D eigenvalue weighted by Gasteiger charge is 2.31. The number of aliphatic hydroxyl groups excluding tert-OH is 1. The molecular weight excluding hydrogens is 399 g/mol. The number of halogens is 3. The van der Waals surface area contributed by atoms with Crippen molar-refractivity contribution in [1.82, 2.24) is 4.72 Å². The molecule has 0 bridgehead atoms. The van der Waals surface area contributed by atoms with Crippen molar-refractivity contribution in [3.8, 4) is 5.75 Å². The highest BCUT2D eigenvalue weighted by molar-refractivity contribution is 7.89. The SMILES string of the molecule is Cc1ccc([C@@H](CNS(=O)(=O)c2ccc(OC(F)(F)F)cc2)OCCO)cc1. The summed E-state index contributed by atoms with van der Waals surface area (Å²) >= 11 is 0. The van der Waals surface area contributed by atoms with Crippen LogP contribution in [-0.2, 0) is 14.8 Å². The summed E-state index contributed by atoms with van der Waals surface area (Å²) in [5.41, 5.74) is 1.74. The van der Waals surface area contributed by atoms with E-state index in [0.29, 0.717) is 0 Å². The minimum Gasteiger partial charge on any atom is -0.406 e. The van der Waals surface area contributed by atoms with E-state index >= 15 is 0 Å². The first-order chi connectivity index (χ1) is 13.1. The van der Waals surface area contributed by atoms with E-state index in [9.17, 15) is 21.6 Å². The maximum Gasteiger partial charge on any atom is 0.573 e. The average Bonchev–Trinajstić information content (AvgIpc) is 2.62. The molecule has 0 amide bonds. The molecule has 0 saturated carbocycles. The fourth-order valence-electron chi connectivity index (χ4n) is 2.34. The molecule has 0 unspecified atom stereocenters. The fraction of sp³-hybridized carbons (Fsp3) is 0.333. The molecule has 1 atom stereocenters. The lowest BCUT2D eigenvalue weighted by Gasteiger charge is -2.19. The van der Waals surface area contributed by atoms with Crippen molar-refractivity contribution in [2.45, 2.75) is 24.3 Å². The van der Waals surface area contributed by atoms with E-state index in [-0.39, 0.29) is 24.7 Å². The van der Waals surface area contributed by atoms with Gasteiger partial charge in [-0.1, -0.05) is 29.8 Å². The minimum absolute atomic E-state index is 0.0176. The van der Waals surface area contributed by atoms with Crippen LogP contribution in [0.1, 0.15) is 17.2 Å². The van der Waals surface area contributed by atoms with Crippen molar-refractivity contribution in [3.63, 3.8) is 0 Å². The second-order valence-corrected chi connectivity index (χ2v) is 7.63. The van der Waals surface area contributed by atoms with Gasteiger partial charge in [-0.15, -0.1) is 13.2 Å². The second-order valence-electron chi connectivity index (χ2n) is 5.86. The van der Waals surface area contributed by atoms with Crippen molar-refractivity contribution >= 4 is 10.0 Å². The van der Waals surface area contributed by atoms with Crippen molar-refractivity contribution < 1.29 is 36.2 Å². The molecule has 2 N–H and O–H groups in total. The van der Waals surface area contributed by atoms with Gasteiger partial charge in [0, 0.05) is 6.54 Å². The van der Waals surface area contributed by atoms with Gasteiger partial charge in [0.2, 0.25) is 10.0 Å². The third kappa shape index (κ3) is 6.79. The Balaban J connectivity index is 2.09. The van der Waals surface area contributed by atoms with E-state index in [4.69, 9.17) is 9.84 Å². The first-order valence-corrected chi connectivity index (χ1v) is 9.73. The van der Waals surface area contributed by atoms with Gasteiger partial charge in [-0.25, -0.2) is 13.1 Å². The van der Waals surface area contributed by atoms with Crippen LogP contribution in [0.5, 0.6) is 5.75 Å². The van der Waals surface area contributed by atoms with E-state index in [1.807, 2.05) is 19.1 Å². The number of benzene rings is 2. The molecular formula is C18H20F3NO5S. The first kappa shape index (κ1) is 22.2. The van der Waals surface area contributed by atoms with Gasteiger partial charge in [-0.2, -0.15) is 0 Å². The molecule has 28 heavy (non-hydrogen) atoms. The normalized spacial score (nSPS) is 13.3. The van der Waals surface area contributed by atoms with E-state index in [1.165, 1.54) is 0 Å². The average molecular weight is 419 g/mol. The van der Waals surface area contributed by atoms with Crippen molar-refractivity contribution in [3.05, 3.63) is 59.7 Å². The summed E-state index contributed by atoms with van der Waals surface area (Å²) in [4.78, 5) is -0.216. The molecule has 2 rings (SSSR count). The fourth-order valence-corrected chi connectivity index (χ4v) is 3.37. The number of aliphatic hydroxyl groups is 1. The van der Waals surface area contributed by atoms with E-state index in [1.54, 1.807) is 12.1 Å². The van der Waals surface area contributed by atoms with Gasteiger partial charge in [0.15, 0.2) is 0 Å². The molecule has 154 valence electrons. The number of hydrogen-bond acceptors (Lipinski definition) is 5. The van der Waals surface area contributed by atoms with Crippen LogP contribution in [0.2, 0.25) is 0 Å². The lowest BCUT2D eigenvalue weighted by Crippen LogP contribution is -2.30. The van der Waals surface area contributed by atoms with Gasteiger partial charge in [0.25, 0.3) is 0 Å². The number of aryl methyl sites for hydroxylation is 1. The standard InChI is InChI=1S/C18H20F3NO5S/c1-13-2-4-14(5-3-13)17(26-11-10-23)12-22-28(24,25)16-8-6-15(7-9-16)27-18(19,20)21/h2-9,17,22-23H,10-12H2,1H3/t17-/m1/s1. The highest BCUT2D eigenvalue weighted by atomic mass is 32.2. The number of alkyl halides is 3. The Morgan fingerprint density at radius 2 is 1.68 bits per heavy atom. The maximum atomic E-state index is 12.4. The number of ether oxygens (including phenoxy) is 2. The van der Waals surface area contributed by atoms with Gasteiger partial charge >= 0.3 is 6.36 Å². The smallest absolute Gasteiger partial charge is 0.406 e. The minimum atomic E-state index is -4.86. The molecule has 0 aliphatic heterocycles. The molecule has 0 spiro atoms. The topological polar surface area (TPSA) is 84.9 Å². The molecule has 0 aliphatic carbocycles. The lowest BCUT2D eigenvalue weighted by atomic mass is 10.1. The van der Waals surface area contributed by atoms with Crippen molar-refractivity contribution in [2.24, 2.45) is 0 Å². The van der Waals surface area contributed by atoms with E-state index in [0.717, 1.165) is 35.4 Å². The van der Waals surface area contributed by atoms with Crippen LogP contribution < -0.4 is 9.46 Å². The van der Waals surface area contributed by atoms with E-state index < -0.39 is 28.2 Å². The Morgan fingerprint density at radius 1 is 1.07 bits per heavy atom. The van der Waals surface area contributed by atoms with Crippen LogP contribution in [0, 0.1) is 6.92 Å². The zero-order chi connectivity index (χ0) is 20.8. The summed E-state index contributed by atoms with van der Waals surface area (Å²) in [7, 11) is -3.99. The zero-order valence-corrected chi connectivity index (χ0v) is 15.8. The first-order valence-electron chi connectivity index (χ1n) is 8.25. The van der Waals surface area contributed by atoms with E-state index in [2.05, 4.69) is 9.46 Å². The molecule has 2 aromatic rings. The van der Waals surface area contributed by atoms with Crippen molar-refractivity contribution in [2.75, 3.05) is 19.8 Å². The van der Waals surface area contributed by atoms with Crippen LogP contribution in [-0.4, -0.2) is 39.6 Å². The predicted octanol–water partition coefficient (Wildman–Crippen LogP) is 2.92. The molecule has 0 fully saturated rings. The molecule has 10 heteroatoms.